The Morgan fingerprint density at radius 2 is 1.88 bits per heavy atom. The molecule has 1 amide bonds. The van der Waals surface area contributed by atoms with Crippen LogP contribution >= 0.6 is 0 Å². The molecule has 0 unspecified atom stereocenters. The molecule has 0 radical (unpaired) electrons. The van der Waals surface area contributed by atoms with E-state index in [0.29, 0.717) is 25.2 Å². The van der Waals surface area contributed by atoms with E-state index < -0.39 is 10.0 Å². The molecule has 6 nitrogen and oxygen atoms in total. The van der Waals surface area contributed by atoms with Crippen molar-refractivity contribution < 1.29 is 13.2 Å². The molecular weight excluding hydrogens is 338 g/mol. The fraction of sp³-hybridized carbons (Fsp3) is 0.333. The number of fused-ring (bicyclic) bond motifs is 1. The van der Waals surface area contributed by atoms with Crippen LogP contribution in [-0.4, -0.2) is 30.8 Å². The third-order valence-electron chi connectivity index (χ3n) is 4.18. The molecular formula is C18H21N3O3S. The van der Waals surface area contributed by atoms with Gasteiger partial charge >= 0.3 is 0 Å². The lowest BCUT2D eigenvalue weighted by molar-refractivity contribution is 0.0751. The van der Waals surface area contributed by atoms with Crippen LogP contribution in [0.1, 0.15) is 40.5 Å². The van der Waals surface area contributed by atoms with Gasteiger partial charge < -0.3 is 4.90 Å². The topological polar surface area (TPSA) is 79.4 Å². The molecule has 0 saturated carbocycles. The van der Waals surface area contributed by atoms with Crippen molar-refractivity contribution in [3.8, 4) is 0 Å². The molecule has 7 heteroatoms. The first-order valence-corrected chi connectivity index (χ1v) is 9.72. The number of aryl methyl sites for hydroxylation is 1. The van der Waals surface area contributed by atoms with E-state index in [1.165, 1.54) is 12.1 Å². The normalized spacial score (nSPS) is 13.8. The van der Waals surface area contributed by atoms with Crippen molar-refractivity contribution in [1.82, 2.24) is 14.6 Å². The summed E-state index contributed by atoms with van der Waals surface area (Å²) in [6.07, 6.45) is 2.53. The minimum atomic E-state index is -3.52. The molecule has 25 heavy (non-hydrogen) atoms. The van der Waals surface area contributed by atoms with Gasteiger partial charge in [0.15, 0.2) is 0 Å². The van der Waals surface area contributed by atoms with Crippen molar-refractivity contribution in [3.63, 3.8) is 0 Å². The fourth-order valence-corrected chi connectivity index (χ4v) is 3.96. The number of nitrogens with one attached hydrogen (secondary N) is 1. The first kappa shape index (κ1) is 17.6. The first-order valence-electron chi connectivity index (χ1n) is 8.24. The summed E-state index contributed by atoms with van der Waals surface area (Å²) in [5, 5.41) is 0. The standard InChI is InChI=1S/C18H21N3O3S/c1-3-8-20-25(23,24)17-6-4-14(5-7-17)18(22)21-11-15-9-13(2)19-10-16(15)12-21/h4-7,9-10,20H,3,8,11-12H2,1-2H3. The van der Waals surface area contributed by atoms with Gasteiger partial charge in [0.1, 0.15) is 0 Å². The van der Waals surface area contributed by atoms with E-state index in [-0.39, 0.29) is 10.8 Å². The van der Waals surface area contributed by atoms with Crippen LogP contribution in [0.15, 0.2) is 41.4 Å². The van der Waals surface area contributed by atoms with E-state index in [4.69, 9.17) is 0 Å². The maximum Gasteiger partial charge on any atom is 0.254 e. The van der Waals surface area contributed by atoms with Gasteiger partial charge in [0.05, 0.1) is 4.90 Å². The Morgan fingerprint density at radius 3 is 2.56 bits per heavy atom. The van der Waals surface area contributed by atoms with E-state index >= 15 is 0 Å². The monoisotopic (exact) mass is 359 g/mol. The van der Waals surface area contributed by atoms with Crippen LogP contribution < -0.4 is 4.72 Å². The van der Waals surface area contributed by atoms with Crippen molar-refractivity contribution in [2.45, 2.75) is 38.3 Å². The highest BCUT2D eigenvalue weighted by Gasteiger charge is 2.25. The molecule has 0 aliphatic carbocycles. The Hall–Kier alpha value is -2.25. The highest BCUT2D eigenvalue weighted by molar-refractivity contribution is 7.89. The molecule has 1 aliphatic heterocycles. The van der Waals surface area contributed by atoms with Crippen molar-refractivity contribution in [1.29, 1.82) is 0 Å². The number of rotatable bonds is 5. The maximum atomic E-state index is 12.7. The van der Waals surface area contributed by atoms with Crippen LogP contribution in [0.2, 0.25) is 0 Å². The van der Waals surface area contributed by atoms with Crippen LogP contribution in [0.5, 0.6) is 0 Å². The molecule has 0 atom stereocenters. The second-order valence-electron chi connectivity index (χ2n) is 6.18. The van der Waals surface area contributed by atoms with Gasteiger partial charge in [-0.2, -0.15) is 0 Å². The Balaban J connectivity index is 1.74. The molecule has 132 valence electrons. The predicted molar refractivity (Wildman–Crippen MR) is 94.5 cm³/mol. The third kappa shape index (κ3) is 3.72. The fourth-order valence-electron chi connectivity index (χ4n) is 2.82. The van der Waals surface area contributed by atoms with Gasteiger partial charge in [0.25, 0.3) is 5.91 Å². The van der Waals surface area contributed by atoms with E-state index in [1.807, 2.05) is 26.1 Å². The van der Waals surface area contributed by atoms with Crippen molar-refractivity contribution >= 4 is 15.9 Å². The van der Waals surface area contributed by atoms with Gasteiger partial charge in [0.2, 0.25) is 10.0 Å². The zero-order valence-corrected chi connectivity index (χ0v) is 15.1. The Kier molecular flexibility index (Phi) is 4.87. The van der Waals surface area contributed by atoms with Gasteiger partial charge in [-0.15, -0.1) is 0 Å². The number of hydrogen-bond donors (Lipinski definition) is 1. The van der Waals surface area contributed by atoms with E-state index in [9.17, 15) is 13.2 Å². The van der Waals surface area contributed by atoms with E-state index in [1.54, 1.807) is 17.0 Å². The van der Waals surface area contributed by atoms with E-state index in [0.717, 1.165) is 23.2 Å². The molecule has 1 aliphatic rings. The highest BCUT2D eigenvalue weighted by Crippen LogP contribution is 2.24. The second kappa shape index (κ2) is 6.93. The molecule has 0 fully saturated rings. The molecule has 3 rings (SSSR count). The summed E-state index contributed by atoms with van der Waals surface area (Å²) in [7, 11) is -3.52. The number of nitrogens with zero attached hydrogens (tertiary/aromatic N) is 2. The number of amides is 1. The highest BCUT2D eigenvalue weighted by atomic mass is 32.2. The number of sulfonamides is 1. The minimum Gasteiger partial charge on any atom is -0.330 e. The molecule has 0 spiro atoms. The Labute approximate surface area is 147 Å². The van der Waals surface area contributed by atoms with Crippen LogP contribution in [-0.2, 0) is 23.1 Å². The lowest BCUT2D eigenvalue weighted by Crippen LogP contribution is -2.26. The smallest absolute Gasteiger partial charge is 0.254 e. The summed E-state index contributed by atoms with van der Waals surface area (Å²) in [5.41, 5.74) is 3.58. The predicted octanol–water partition coefficient (Wildman–Crippen LogP) is 2.23. The SMILES string of the molecule is CCCNS(=O)(=O)c1ccc(C(=O)N2Cc3cnc(C)cc3C2)cc1. The zero-order chi connectivity index (χ0) is 18.0. The zero-order valence-electron chi connectivity index (χ0n) is 14.3. The lowest BCUT2D eigenvalue weighted by Gasteiger charge is -2.15. The van der Waals surface area contributed by atoms with Crippen molar-refractivity contribution in [2.75, 3.05) is 6.54 Å². The Bertz CT molecular complexity index is 892. The number of carbonyl (C=O) groups excluding carboxylic acids is 1. The van der Waals surface area contributed by atoms with Crippen LogP contribution in [0.3, 0.4) is 0 Å². The number of benzene rings is 1. The largest absolute Gasteiger partial charge is 0.330 e. The van der Waals surface area contributed by atoms with Gasteiger partial charge in [-0.05, 0) is 54.8 Å². The van der Waals surface area contributed by atoms with Gasteiger partial charge in [0, 0.05) is 37.1 Å². The molecule has 2 heterocycles. The summed E-state index contributed by atoms with van der Waals surface area (Å²) < 4.78 is 26.7. The second-order valence-corrected chi connectivity index (χ2v) is 7.94. The summed E-state index contributed by atoms with van der Waals surface area (Å²) in [5.74, 6) is -0.112. The first-order chi connectivity index (χ1) is 11.9. The van der Waals surface area contributed by atoms with E-state index in [2.05, 4.69) is 9.71 Å². The number of carbonyl (C=O) groups is 1. The summed E-state index contributed by atoms with van der Waals surface area (Å²) in [4.78, 5) is 18.9. The number of aromatic nitrogens is 1. The lowest BCUT2D eigenvalue weighted by atomic mass is 10.2. The van der Waals surface area contributed by atoms with Crippen molar-refractivity contribution in [3.05, 3.63) is 58.9 Å². The molecule has 1 aromatic carbocycles. The average molecular weight is 359 g/mol. The molecule has 1 aromatic heterocycles. The quantitative estimate of drug-likeness (QED) is 0.888. The summed E-state index contributed by atoms with van der Waals surface area (Å²) in [6.45, 7) is 5.30. The van der Waals surface area contributed by atoms with Crippen LogP contribution in [0.4, 0.5) is 0 Å². The summed E-state index contributed by atoms with van der Waals surface area (Å²) >= 11 is 0. The van der Waals surface area contributed by atoms with Gasteiger partial charge in [-0.25, -0.2) is 13.1 Å². The maximum absolute atomic E-state index is 12.7. The average Bonchev–Trinajstić information content (AvgIpc) is 3.02. The van der Waals surface area contributed by atoms with Crippen molar-refractivity contribution in [2.24, 2.45) is 0 Å². The molecule has 2 aromatic rings. The molecule has 0 bridgehead atoms. The van der Waals surface area contributed by atoms with Gasteiger partial charge in [-0.1, -0.05) is 6.92 Å². The van der Waals surface area contributed by atoms with Crippen LogP contribution in [0.25, 0.3) is 0 Å². The number of pyridine rings is 1. The number of hydrogen-bond acceptors (Lipinski definition) is 4. The summed E-state index contributed by atoms with van der Waals surface area (Å²) in [6, 6.07) is 8.07. The van der Waals surface area contributed by atoms with Crippen LogP contribution in [0, 0.1) is 6.92 Å². The minimum absolute atomic E-state index is 0.112. The third-order valence-corrected chi connectivity index (χ3v) is 5.66. The molecule has 1 N–H and O–H groups in total. The molecule has 0 saturated heterocycles. The Morgan fingerprint density at radius 1 is 1.20 bits per heavy atom. The van der Waals surface area contributed by atoms with Gasteiger partial charge in [-0.3, -0.25) is 9.78 Å².